The number of carbonyl (C=O) groups excluding carboxylic acids is 1. The summed E-state index contributed by atoms with van der Waals surface area (Å²) in [6.45, 7) is 3.83. The molecule has 1 saturated heterocycles. The van der Waals surface area contributed by atoms with Crippen molar-refractivity contribution < 1.29 is 4.79 Å². The maximum absolute atomic E-state index is 13.3. The van der Waals surface area contributed by atoms with Crippen molar-refractivity contribution in [1.82, 2.24) is 25.6 Å². The van der Waals surface area contributed by atoms with Crippen molar-refractivity contribution in [3.8, 4) is 0 Å². The Labute approximate surface area is 197 Å². The van der Waals surface area contributed by atoms with Crippen molar-refractivity contribution >= 4 is 46.9 Å². The number of thioether (sulfide) groups is 1. The molecule has 1 amide bonds. The van der Waals surface area contributed by atoms with Crippen LogP contribution in [0.4, 0.5) is 5.82 Å². The van der Waals surface area contributed by atoms with Crippen LogP contribution in [0.5, 0.6) is 0 Å². The number of carbonyl (C=O) groups is 1. The van der Waals surface area contributed by atoms with Crippen molar-refractivity contribution in [2.24, 2.45) is 0 Å². The fourth-order valence-corrected chi connectivity index (χ4v) is 5.29. The first kappa shape index (κ1) is 22.6. The summed E-state index contributed by atoms with van der Waals surface area (Å²) in [5.74, 6) is 1.63. The number of nitrogens with one attached hydrogen (secondary N) is 3. The molecule has 4 heterocycles. The molecule has 2 aromatic heterocycles. The number of H-pyrrole nitrogens is 1. The molecule has 2 atom stereocenters. The molecule has 1 fully saturated rings. The van der Waals surface area contributed by atoms with Crippen LogP contribution >= 0.6 is 24.2 Å². The van der Waals surface area contributed by atoms with Gasteiger partial charge in [-0.25, -0.2) is 9.97 Å². The normalized spacial score (nSPS) is 19.3. The number of benzene rings is 1. The molecule has 0 saturated carbocycles. The van der Waals surface area contributed by atoms with E-state index in [0.717, 1.165) is 59.7 Å². The number of anilines is 1. The van der Waals surface area contributed by atoms with Gasteiger partial charge < -0.3 is 20.5 Å². The van der Waals surface area contributed by atoms with Gasteiger partial charge in [0.05, 0.1) is 16.3 Å². The number of amides is 1. The minimum absolute atomic E-state index is 0. The van der Waals surface area contributed by atoms with Crippen molar-refractivity contribution in [2.45, 2.75) is 31.8 Å². The van der Waals surface area contributed by atoms with Crippen LogP contribution in [0.2, 0.25) is 0 Å². The lowest BCUT2D eigenvalue weighted by Gasteiger charge is -2.29. The molecule has 7 nitrogen and oxygen atoms in total. The number of halogens is 1. The quantitative estimate of drug-likeness (QED) is 0.527. The molecule has 9 heteroatoms. The number of rotatable bonds is 5. The number of aromatic nitrogens is 3. The van der Waals surface area contributed by atoms with Crippen molar-refractivity contribution in [1.29, 1.82) is 0 Å². The fourth-order valence-electron chi connectivity index (χ4n) is 4.39. The average Bonchev–Trinajstić information content (AvgIpc) is 3.48. The van der Waals surface area contributed by atoms with E-state index in [-0.39, 0.29) is 30.4 Å². The second-order valence-electron chi connectivity index (χ2n) is 7.99. The van der Waals surface area contributed by atoms with Crippen LogP contribution in [0, 0.1) is 6.92 Å². The van der Waals surface area contributed by atoms with Gasteiger partial charge in [-0.3, -0.25) is 4.79 Å². The summed E-state index contributed by atoms with van der Waals surface area (Å²) < 4.78 is 0. The fraction of sp³-hybridized carbons (Fsp3) is 0.348. The predicted octanol–water partition coefficient (Wildman–Crippen LogP) is 3.69. The Balaban J connectivity index is 0.00000245. The minimum atomic E-state index is -0.0502. The van der Waals surface area contributed by atoms with Crippen LogP contribution < -0.4 is 15.5 Å². The van der Waals surface area contributed by atoms with Gasteiger partial charge in [0.1, 0.15) is 17.8 Å². The zero-order valence-corrected chi connectivity index (χ0v) is 19.5. The molecular weight excluding hydrogens is 444 g/mol. The number of nitrogens with zero attached hydrogens (tertiary/aromatic N) is 3. The zero-order chi connectivity index (χ0) is 21.2. The van der Waals surface area contributed by atoms with Crippen LogP contribution in [0.15, 0.2) is 54.0 Å². The van der Waals surface area contributed by atoms with Crippen molar-refractivity contribution in [3.63, 3.8) is 0 Å². The Morgan fingerprint density at radius 3 is 2.91 bits per heavy atom. The number of hydrogen-bond donors (Lipinski definition) is 3. The summed E-state index contributed by atoms with van der Waals surface area (Å²) >= 11 is 1.60. The lowest BCUT2D eigenvalue weighted by Crippen LogP contribution is -2.41. The van der Waals surface area contributed by atoms with Crippen LogP contribution in [-0.2, 0) is 4.79 Å². The van der Waals surface area contributed by atoms with Gasteiger partial charge in [-0.2, -0.15) is 0 Å². The second-order valence-corrected chi connectivity index (χ2v) is 9.13. The highest BCUT2D eigenvalue weighted by Gasteiger charge is 2.29. The van der Waals surface area contributed by atoms with Gasteiger partial charge >= 0.3 is 0 Å². The Bertz CT molecular complexity index is 1110. The highest BCUT2D eigenvalue weighted by Crippen LogP contribution is 2.31. The third-order valence-corrected chi connectivity index (χ3v) is 6.94. The summed E-state index contributed by atoms with van der Waals surface area (Å²) in [6.07, 6.45) is 7.64. The molecule has 0 spiro atoms. The van der Waals surface area contributed by atoms with Gasteiger partial charge in [0.15, 0.2) is 0 Å². The van der Waals surface area contributed by atoms with E-state index < -0.39 is 0 Å². The van der Waals surface area contributed by atoms with E-state index in [4.69, 9.17) is 0 Å². The van der Waals surface area contributed by atoms with Crippen LogP contribution in [0.3, 0.4) is 0 Å². The van der Waals surface area contributed by atoms with Crippen molar-refractivity contribution in [2.75, 3.05) is 23.7 Å². The number of aryl methyl sites for hydroxylation is 1. The van der Waals surface area contributed by atoms with Gasteiger partial charge in [0, 0.05) is 30.7 Å². The summed E-state index contributed by atoms with van der Waals surface area (Å²) in [4.78, 5) is 28.1. The molecule has 1 aromatic carbocycles. The molecule has 3 aromatic rings. The van der Waals surface area contributed by atoms with Crippen LogP contribution in [-0.4, -0.2) is 45.7 Å². The SMILES string of the molecule is Cc1c[nH]c2ncnc(N3C=C(C(=O)NC(c4ccccc4)[C@H]4CCCN4)SCC3)c12.Cl. The molecule has 0 radical (unpaired) electrons. The summed E-state index contributed by atoms with van der Waals surface area (Å²) in [5.41, 5.74) is 3.05. The third kappa shape index (κ3) is 4.48. The lowest BCUT2D eigenvalue weighted by atomic mass is 9.98. The van der Waals surface area contributed by atoms with Gasteiger partial charge in [-0.15, -0.1) is 24.2 Å². The van der Waals surface area contributed by atoms with E-state index >= 15 is 0 Å². The minimum Gasteiger partial charge on any atom is -0.346 e. The smallest absolute Gasteiger partial charge is 0.259 e. The van der Waals surface area contributed by atoms with Gasteiger partial charge in [-0.1, -0.05) is 30.3 Å². The van der Waals surface area contributed by atoms with E-state index in [9.17, 15) is 4.79 Å². The molecule has 1 unspecified atom stereocenters. The molecule has 0 bridgehead atoms. The second kappa shape index (κ2) is 9.94. The maximum Gasteiger partial charge on any atom is 0.259 e. The van der Waals surface area contributed by atoms with E-state index in [0.29, 0.717) is 4.91 Å². The first-order valence-electron chi connectivity index (χ1n) is 10.7. The van der Waals surface area contributed by atoms with Gasteiger partial charge in [-0.05, 0) is 37.4 Å². The summed E-state index contributed by atoms with van der Waals surface area (Å²) in [5, 5.41) is 7.86. The number of hydrogen-bond acceptors (Lipinski definition) is 6. The highest BCUT2D eigenvalue weighted by molar-refractivity contribution is 8.04. The first-order valence-corrected chi connectivity index (χ1v) is 11.7. The monoisotopic (exact) mass is 470 g/mol. The molecule has 0 aliphatic carbocycles. The predicted molar refractivity (Wildman–Crippen MR) is 132 cm³/mol. The van der Waals surface area contributed by atoms with E-state index in [1.165, 1.54) is 0 Å². The number of fused-ring (bicyclic) bond motifs is 1. The lowest BCUT2D eigenvalue weighted by molar-refractivity contribution is -0.117. The first-order chi connectivity index (χ1) is 15.2. The number of aromatic amines is 1. The maximum atomic E-state index is 13.3. The highest BCUT2D eigenvalue weighted by atomic mass is 35.5. The zero-order valence-electron chi connectivity index (χ0n) is 17.9. The topological polar surface area (TPSA) is 85.9 Å². The van der Waals surface area contributed by atoms with Crippen molar-refractivity contribution in [3.05, 3.63) is 65.1 Å². The van der Waals surface area contributed by atoms with E-state index in [2.05, 4.69) is 42.6 Å². The van der Waals surface area contributed by atoms with Gasteiger partial charge in [0.25, 0.3) is 5.91 Å². The molecule has 5 rings (SSSR count). The molecular formula is C23H27ClN6OS. The Hall–Kier alpha value is -2.55. The molecule has 2 aliphatic rings. The average molecular weight is 471 g/mol. The third-order valence-electron chi connectivity index (χ3n) is 5.95. The largest absolute Gasteiger partial charge is 0.346 e. The van der Waals surface area contributed by atoms with Crippen LogP contribution in [0.1, 0.15) is 30.0 Å². The molecule has 3 N–H and O–H groups in total. The summed E-state index contributed by atoms with van der Waals surface area (Å²) in [6, 6.07) is 10.4. The van der Waals surface area contributed by atoms with Gasteiger partial charge in [0.2, 0.25) is 0 Å². The Kier molecular flexibility index (Phi) is 7.03. The summed E-state index contributed by atoms with van der Waals surface area (Å²) in [7, 11) is 0. The molecule has 32 heavy (non-hydrogen) atoms. The van der Waals surface area contributed by atoms with Crippen LogP contribution in [0.25, 0.3) is 11.0 Å². The molecule has 2 aliphatic heterocycles. The van der Waals surface area contributed by atoms with E-state index in [1.54, 1.807) is 18.1 Å². The Morgan fingerprint density at radius 1 is 1.28 bits per heavy atom. The Morgan fingerprint density at radius 2 is 2.12 bits per heavy atom. The molecule has 168 valence electrons. The standard InChI is InChI=1S/C23H26N6OS.ClH/c1-15-12-25-21-19(15)22(27-14-26-21)29-10-11-31-18(13-29)23(30)28-20(17-8-5-9-24-17)16-6-3-2-4-7-16;/h2-4,6-7,12-14,17,20,24H,5,8-11H2,1H3,(H,28,30)(H,25,26,27);1H/t17-,20?;/m1./s1. The van der Waals surface area contributed by atoms with E-state index in [1.807, 2.05) is 37.5 Å².